The predicted molar refractivity (Wildman–Crippen MR) is 74.1 cm³/mol. The summed E-state index contributed by atoms with van der Waals surface area (Å²) >= 11 is 0.690. The van der Waals surface area contributed by atoms with Crippen LogP contribution in [0.3, 0.4) is 0 Å². The van der Waals surface area contributed by atoms with Crippen LogP contribution in [0.25, 0.3) is 0 Å². The van der Waals surface area contributed by atoms with Gasteiger partial charge in [-0.1, -0.05) is 30.0 Å². The van der Waals surface area contributed by atoms with Gasteiger partial charge in [0.05, 0.1) is 5.75 Å². The number of benzene rings is 1. The molecule has 3 N–H and O–H groups in total. The summed E-state index contributed by atoms with van der Waals surface area (Å²) in [5.74, 6) is 2.67. The fourth-order valence-corrected chi connectivity index (χ4v) is 2.27. The van der Waals surface area contributed by atoms with E-state index in [9.17, 15) is 22.4 Å². The molecule has 1 aromatic heterocycles. The number of halogens is 4. The number of nitrogens with one attached hydrogen (secondary N) is 1. The highest BCUT2D eigenvalue weighted by atomic mass is 32.2. The molecule has 0 unspecified atom stereocenters. The Bertz CT molecular complexity index is 703. The first-order valence-corrected chi connectivity index (χ1v) is 7.18. The maximum Gasteiger partial charge on any atom is 0.453 e. The van der Waals surface area contributed by atoms with Crippen LogP contribution in [0.2, 0.25) is 0 Å². The molecule has 11 heteroatoms. The first kappa shape index (κ1) is 17.1. The van der Waals surface area contributed by atoms with E-state index in [2.05, 4.69) is 15.5 Å². The Morgan fingerprint density at radius 2 is 2.00 bits per heavy atom. The van der Waals surface area contributed by atoms with E-state index in [1.54, 1.807) is 6.07 Å². The molecular formula is C12H11F4N5OS. The molecule has 1 amide bonds. The Labute approximate surface area is 132 Å². The quantitative estimate of drug-likeness (QED) is 0.486. The molecule has 0 fully saturated rings. The van der Waals surface area contributed by atoms with Gasteiger partial charge in [-0.05, 0) is 6.07 Å². The third kappa shape index (κ3) is 4.34. The van der Waals surface area contributed by atoms with Crippen LogP contribution in [-0.4, -0.2) is 26.5 Å². The second-order valence-corrected chi connectivity index (χ2v) is 5.27. The highest BCUT2D eigenvalue weighted by Gasteiger charge is 2.38. The molecule has 2 aromatic rings. The van der Waals surface area contributed by atoms with E-state index >= 15 is 0 Å². The number of nitrogen functional groups attached to an aromatic ring is 1. The monoisotopic (exact) mass is 349 g/mol. The van der Waals surface area contributed by atoms with Crippen molar-refractivity contribution in [1.82, 2.24) is 20.2 Å². The third-order valence-corrected chi connectivity index (χ3v) is 3.63. The number of aromatic nitrogens is 3. The minimum Gasteiger partial charge on any atom is -0.351 e. The number of thioether (sulfide) groups is 1. The summed E-state index contributed by atoms with van der Waals surface area (Å²) in [6, 6.07) is 5.90. The van der Waals surface area contributed by atoms with Gasteiger partial charge in [0.2, 0.25) is 11.1 Å². The van der Waals surface area contributed by atoms with Gasteiger partial charge < -0.3 is 11.2 Å². The zero-order valence-corrected chi connectivity index (χ0v) is 12.3. The lowest BCUT2D eigenvalue weighted by molar-refractivity contribution is -0.146. The Kier molecular flexibility index (Phi) is 5.08. The first-order valence-electron chi connectivity index (χ1n) is 6.19. The Morgan fingerprint density at radius 1 is 1.30 bits per heavy atom. The maximum atomic E-state index is 13.4. The lowest BCUT2D eigenvalue weighted by Gasteiger charge is -2.07. The zero-order chi connectivity index (χ0) is 17.0. The van der Waals surface area contributed by atoms with E-state index in [0.717, 1.165) is 0 Å². The Balaban J connectivity index is 1.88. The highest BCUT2D eigenvalue weighted by molar-refractivity contribution is 7.99. The summed E-state index contributed by atoms with van der Waals surface area (Å²) in [7, 11) is 0. The third-order valence-electron chi connectivity index (χ3n) is 2.68. The van der Waals surface area contributed by atoms with E-state index in [-0.39, 0.29) is 22.1 Å². The van der Waals surface area contributed by atoms with Crippen molar-refractivity contribution in [3.63, 3.8) is 0 Å². The topological polar surface area (TPSA) is 85.8 Å². The Hall–Kier alpha value is -2.30. The van der Waals surface area contributed by atoms with Crippen molar-refractivity contribution < 1.29 is 22.4 Å². The highest BCUT2D eigenvalue weighted by Crippen LogP contribution is 2.28. The van der Waals surface area contributed by atoms with Gasteiger partial charge in [-0.2, -0.15) is 13.2 Å². The van der Waals surface area contributed by atoms with Crippen LogP contribution >= 0.6 is 11.8 Å². The number of alkyl halides is 3. The van der Waals surface area contributed by atoms with Crippen LogP contribution in [0.15, 0.2) is 29.4 Å². The van der Waals surface area contributed by atoms with Crippen LogP contribution in [0, 0.1) is 5.82 Å². The molecule has 0 saturated carbocycles. The number of rotatable bonds is 5. The lowest BCUT2D eigenvalue weighted by atomic mass is 10.2. The smallest absolute Gasteiger partial charge is 0.351 e. The van der Waals surface area contributed by atoms with Gasteiger partial charge in [-0.3, -0.25) is 4.79 Å². The normalized spacial score (nSPS) is 11.5. The van der Waals surface area contributed by atoms with Crippen LogP contribution < -0.4 is 11.2 Å². The van der Waals surface area contributed by atoms with Crippen LogP contribution in [0.4, 0.5) is 17.6 Å². The molecule has 124 valence electrons. The van der Waals surface area contributed by atoms with Gasteiger partial charge in [0.1, 0.15) is 5.82 Å². The zero-order valence-electron chi connectivity index (χ0n) is 11.5. The second kappa shape index (κ2) is 6.86. The molecule has 2 rings (SSSR count). The van der Waals surface area contributed by atoms with Crippen molar-refractivity contribution in [2.45, 2.75) is 17.9 Å². The van der Waals surface area contributed by atoms with Gasteiger partial charge >= 0.3 is 6.18 Å². The van der Waals surface area contributed by atoms with Crippen LogP contribution in [0.1, 0.15) is 11.4 Å². The average Bonchev–Trinajstić information content (AvgIpc) is 2.85. The molecule has 0 atom stereocenters. The summed E-state index contributed by atoms with van der Waals surface area (Å²) in [5.41, 5.74) is 0.298. The molecule has 0 aliphatic rings. The molecule has 6 nitrogen and oxygen atoms in total. The Morgan fingerprint density at radius 3 is 2.61 bits per heavy atom. The number of carbonyl (C=O) groups is 1. The number of hydrogen-bond donors (Lipinski definition) is 2. The summed E-state index contributed by atoms with van der Waals surface area (Å²) in [6.45, 7) is -0.0326. The molecule has 0 aliphatic carbocycles. The van der Waals surface area contributed by atoms with E-state index in [1.165, 1.54) is 18.2 Å². The van der Waals surface area contributed by atoms with Crippen molar-refractivity contribution in [1.29, 1.82) is 0 Å². The maximum absolute atomic E-state index is 13.4. The molecule has 0 aliphatic heterocycles. The number of amides is 1. The van der Waals surface area contributed by atoms with Gasteiger partial charge in [-0.15, -0.1) is 10.2 Å². The van der Waals surface area contributed by atoms with Gasteiger partial charge in [-0.25, -0.2) is 9.07 Å². The molecule has 1 heterocycles. The second-order valence-electron chi connectivity index (χ2n) is 4.33. The van der Waals surface area contributed by atoms with Crippen LogP contribution in [0.5, 0.6) is 0 Å². The van der Waals surface area contributed by atoms with E-state index in [4.69, 9.17) is 5.84 Å². The number of nitrogens with two attached hydrogens (primary N) is 1. The van der Waals surface area contributed by atoms with Crippen molar-refractivity contribution in [2.24, 2.45) is 0 Å². The number of hydrogen-bond acceptors (Lipinski definition) is 5. The molecule has 0 bridgehead atoms. The van der Waals surface area contributed by atoms with Gasteiger partial charge in [0, 0.05) is 12.1 Å². The van der Waals surface area contributed by atoms with Gasteiger partial charge in [0.15, 0.2) is 0 Å². The van der Waals surface area contributed by atoms with E-state index < -0.39 is 23.7 Å². The van der Waals surface area contributed by atoms with E-state index in [0.29, 0.717) is 17.3 Å². The SMILES string of the molecule is Nn1c(SCC(=O)NCc2ccccc2F)nnc1C(F)(F)F. The largest absolute Gasteiger partial charge is 0.453 e. The van der Waals surface area contributed by atoms with Crippen molar-refractivity contribution in [3.05, 3.63) is 41.5 Å². The van der Waals surface area contributed by atoms with Gasteiger partial charge in [0.25, 0.3) is 5.82 Å². The molecular weight excluding hydrogens is 338 g/mol. The van der Waals surface area contributed by atoms with E-state index in [1.807, 2.05) is 0 Å². The minimum atomic E-state index is -4.73. The minimum absolute atomic E-state index is 0.0326. The predicted octanol–water partition coefficient (Wildman–Crippen LogP) is 1.56. The summed E-state index contributed by atoms with van der Waals surface area (Å²) < 4.78 is 51.1. The molecule has 0 saturated heterocycles. The average molecular weight is 349 g/mol. The standard InChI is InChI=1S/C12H11F4N5OS/c13-8-4-2-1-3-7(8)5-18-9(22)6-23-11-20-19-10(21(11)17)12(14,15)16/h1-4H,5-6,17H2,(H,18,22). The molecule has 0 radical (unpaired) electrons. The molecule has 0 spiro atoms. The summed E-state index contributed by atoms with van der Waals surface area (Å²) in [5, 5.41) is 8.40. The number of nitrogens with zero attached hydrogens (tertiary/aromatic N) is 3. The van der Waals surface area contributed by atoms with Crippen LogP contribution in [-0.2, 0) is 17.5 Å². The number of carbonyl (C=O) groups excluding carboxylic acids is 1. The molecule has 1 aromatic carbocycles. The fraction of sp³-hybridized carbons (Fsp3) is 0.250. The fourth-order valence-electron chi connectivity index (χ4n) is 1.59. The van der Waals surface area contributed by atoms with Crippen molar-refractivity contribution >= 4 is 17.7 Å². The van der Waals surface area contributed by atoms with Crippen molar-refractivity contribution in [3.8, 4) is 0 Å². The summed E-state index contributed by atoms with van der Waals surface area (Å²) in [4.78, 5) is 11.6. The lowest BCUT2D eigenvalue weighted by Crippen LogP contribution is -2.26. The van der Waals surface area contributed by atoms with Crippen molar-refractivity contribution in [2.75, 3.05) is 11.6 Å². The summed E-state index contributed by atoms with van der Waals surface area (Å²) in [6.07, 6.45) is -4.73. The first-order chi connectivity index (χ1) is 10.8. The molecule has 23 heavy (non-hydrogen) atoms.